The average Bonchev–Trinajstić information content (AvgIpc) is 1.53. The Morgan fingerprint density at radius 1 is 0.243 bits per heavy atom. The minimum Gasteiger partial charge on any atom is -0.455 e. The Morgan fingerprint density at radius 2 is 0.649 bits per heavy atom. The molecular weight excluding hydrogens is 1980 g/mol. The number of furan rings is 3. The van der Waals surface area contributed by atoms with Crippen molar-refractivity contribution in [2.24, 2.45) is 0 Å². The van der Waals surface area contributed by atoms with Gasteiger partial charge in [0.2, 0.25) is 11.4 Å². The van der Waals surface area contributed by atoms with Crippen LogP contribution in [-0.2, 0) is 0 Å². The van der Waals surface area contributed by atoms with Crippen LogP contribution in [0.4, 0.5) is 0 Å². The molecule has 12 aromatic heterocycles. The Balaban J connectivity index is 0.0000000984. The highest BCUT2D eigenvalue weighted by molar-refractivity contribution is 9.10. The Labute approximate surface area is 868 Å². The van der Waals surface area contributed by atoms with Gasteiger partial charge in [-0.05, 0) is 146 Å². The molecule has 148 heavy (non-hydrogen) atoms. The van der Waals surface area contributed by atoms with Crippen LogP contribution in [0.2, 0.25) is 10.3 Å². The van der Waals surface area contributed by atoms with Gasteiger partial charge in [0.15, 0.2) is 21.9 Å². The largest absolute Gasteiger partial charge is 0.455 e. The molecule has 34 aromatic rings. The third-order valence-corrected chi connectivity index (χ3v) is 34.8. The summed E-state index contributed by atoms with van der Waals surface area (Å²) in [4.78, 5) is 30.6. The van der Waals surface area contributed by atoms with E-state index in [1.165, 1.54) is 158 Å². The summed E-state index contributed by atoms with van der Waals surface area (Å²) in [6, 6.07) is 146. The highest BCUT2D eigenvalue weighted by Gasteiger charge is 2.32. The number of halogens is 3. The van der Waals surface area contributed by atoms with Gasteiger partial charge >= 0.3 is 0 Å². The minimum absolute atomic E-state index is 0.279. The van der Waals surface area contributed by atoms with Crippen LogP contribution in [0.3, 0.4) is 0 Å². The molecule has 690 valence electrons. The molecule has 0 unspecified atom stereocenters. The number of hydrogen-bond donors (Lipinski definition) is 0. The number of benzene rings is 22. The zero-order chi connectivity index (χ0) is 97.1. The van der Waals surface area contributed by atoms with Crippen LogP contribution in [0, 0.1) is 0 Å². The Morgan fingerprint density at radius 3 is 1.18 bits per heavy atom. The molecule has 0 radical (unpaired) electrons. The SMILES string of the molecule is Brc1nc2cc3oc4c5ccccc5ccc4c3cc2nc1-n1c2ccccc2c2c3ccccc3c3c4ccc5ccccc5c4sc3c21.Clc1nc2c(nc1-c1cccc(-n3c4ccccc4c4c5ccccc5c5c6ccc7ccccc7c6sc5c43)c1)oc1ccccc12.Clc1nc2oc(-c3ccccc3)c(-c3ccccc3)c2nc1-n1c2ccccc2c2c3ccccc3c3c4ccc5ccccc5c4sc3c21. The van der Waals surface area contributed by atoms with Gasteiger partial charge in [0.1, 0.15) is 43.8 Å². The molecule has 0 spiro atoms. The van der Waals surface area contributed by atoms with Crippen molar-refractivity contribution in [2.45, 2.75) is 0 Å². The van der Waals surface area contributed by atoms with Crippen molar-refractivity contribution in [3.05, 3.63) is 427 Å². The zero-order valence-electron chi connectivity index (χ0n) is 77.9. The molecule has 0 amide bonds. The Bertz CT molecular complexity index is 11900. The van der Waals surface area contributed by atoms with E-state index in [1.807, 2.05) is 119 Å². The van der Waals surface area contributed by atoms with Crippen molar-refractivity contribution < 1.29 is 13.3 Å². The molecule has 0 aliphatic rings. The van der Waals surface area contributed by atoms with Crippen LogP contribution < -0.4 is 0 Å². The fourth-order valence-electron chi connectivity index (χ4n) is 23.8. The molecule has 0 saturated carbocycles. The summed E-state index contributed by atoms with van der Waals surface area (Å²) in [6.07, 6.45) is 0. The second-order valence-electron chi connectivity index (χ2n) is 37.9. The lowest BCUT2D eigenvalue weighted by Gasteiger charge is -2.12. The second kappa shape index (κ2) is 32.2. The van der Waals surface area contributed by atoms with Gasteiger partial charge in [-0.2, -0.15) is 4.98 Å². The number of rotatable bonds is 6. The molecule has 18 heteroatoms. The molecule has 0 fully saturated rings. The molecule has 12 heterocycles. The molecule has 22 aromatic carbocycles. The van der Waals surface area contributed by atoms with Crippen molar-refractivity contribution in [3.63, 3.8) is 0 Å². The van der Waals surface area contributed by atoms with E-state index in [1.54, 1.807) is 0 Å². The van der Waals surface area contributed by atoms with Gasteiger partial charge in [0.25, 0.3) is 0 Å². The molecular formula is C130H68BrCl2N9O3S3. The number of thiophene rings is 3. The van der Waals surface area contributed by atoms with Crippen LogP contribution in [0.5, 0.6) is 0 Å². The van der Waals surface area contributed by atoms with E-state index in [0.29, 0.717) is 49.5 Å². The average molecular weight is 2050 g/mol. The smallest absolute Gasteiger partial charge is 0.247 e. The summed E-state index contributed by atoms with van der Waals surface area (Å²) in [5, 5.41) is 35.8. The van der Waals surface area contributed by atoms with E-state index in [0.717, 1.165) is 121 Å². The van der Waals surface area contributed by atoms with Gasteiger partial charge in [-0.15, -0.1) is 34.0 Å². The number of fused-ring (bicyclic) bond motifs is 46. The number of nitrogens with zero attached hydrogens (tertiary/aromatic N) is 9. The molecule has 0 saturated heterocycles. The van der Waals surface area contributed by atoms with E-state index in [2.05, 4.69) is 357 Å². The third kappa shape index (κ3) is 12.2. The van der Waals surface area contributed by atoms with Crippen LogP contribution in [0.1, 0.15) is 0 Å². The summed E-state index contributed by atoms with van der Waals surface area (Å²) in [6.45, 7) is 0. The lowest BCUT2D eigenvalue weighted by atomic mass is 9.98. The van der Waals surface area contributed by atoms with E-state index in [-0.39, 0.29) is 5.15 Å². The molecule has 0 aliphatic carbocycles. The van der Waals surface area contributed by atoms with Gasteiger partial charge in [-0.3, -0.25) is 9.13 Å². The molecule has 34 rings (SSSR count). The summed E-state index contributed by atoms with van der Waals surface area (Å²) >= 11 is 23.6. The number of aromatic nitrogens is 9. The summed E-state index contributed by atoms with van der Waals surface area (Å²) in [7, 11) is 0. The maximum atomic E-state index is 7.22. The first-order chi connectivity index (χ1) is 73.2. The summed E-state index contributed by atoms with van der Waals surface area (Å²) in [5.41, 5.74) is 18.3. The quantitative estimate of drug-likeness (QED) is 0.160. The van der Waals surface area contributed by atoms with E-state index < -0.39 is 0 Å². The van der Waals surface area contributed by atoms with Crippen molar-refractivity contribution in [2.75, 3.05) is 0 Å². The van der Waals surface area contributed by atoms with Gasteiger partial charge in [0.05, 0.1) is 63.8 Å². The maximum Gasteiger partial charge on any atom is 0.247 e. The molecule has 12 nitrogen and oxygen atoms in total. The normalized spacial score (nSPS) is 12.3. The van der Waals surface area contributed by atoms with Crippen LogP contribution in [0.15, 0.2) is 430 Å². The van der Waals surface area contributed by atoms with Gasteiger partial charge < -0.3 is 17.8 Å². The monoisotopic (exact) mass is 2050 g/mol. The predicted octanol–water partition coefficient (Wildman–Crippen LogP) is 38.7. The van der Waals surface area contributed by atoms with E-state index in [4.69, 9.17) is 66.4 Å². The first-order valence-electron chi connectivity index (χ1n) is 49.0. The molecule has 0 N–H and O–H groups in total. The topological polar surface area (TPSA) is 132 Å². The van der Waals surface area contributed by atoms with Crippen molar-refractivity contribution in [3.8, 4) is 51.0 Å². The lowest BCUT2D eigenvalue weighted by Crippen LogP contribution is -2.01. The van der Waals surface area contributed by atoms with E-state index in [9.17, 15) is 0 Å². The van der Waals surface area contributed by atoms with Gasteiger partial charge in [-0.25, -0.2) is 24.9 Å². The third-order valence-electron chi connectivity index (χ3n) is 30.0. The zero-order valence-corrected chi connectivity index (χ0v) is 83.4. The second-order valence-corrected chi connectivity index (χ2v) is 42.4. The molecule has 0 bridgehead atoms. The number of hydrogen-bond acceptors (Lipinski definition) is 12. The number of para-hydroxylation sites is 4. The standard InChI is InChI=1S/C44H22BrN3OS.C44H24ClN3OS.C42H22ClN3OS/c45-43-44(47-33-21-32-29-19-17-23-9-1-3-11-25(23)40(29)49-36(32)22-34(33)46-43)48-35-16-8-7-15-30(35)37-27-13-5-6-14-28(27)38-31-20-18-24-10-2-4-12-26(24)41(31)50-42(38)39(37)48;45-42-43(46-37-34(26-14-3-1-4-15-26)39(49-44(37)47-42)27-16-5-2-6-17-27)48-33-22-12-11-21-31(33)35-29-19-9-10-20-30(29)36-32-24-23-25-13-7-8-18-28(25)40(32)50-41(36)38(35)48;43-41-36(45-42-37(44-41)30-17-6-8-19-33(30)47-42)24-11-9-12-25(22-24)46-32-18-7-5-16-29(32)34-27-14-3-4-15-28(27)35-31-21-20-23-10-1-2-13-26(23)39(31)48-40(35)38(34)46/h1-22H;1-24H;1-22H. The Kier molecular flexibility index (Phi) is 18.2. The lowest BCUT2D eigenvalue weighted by molar-refractivity contribution is 0.618. The van der Waals surface area contributed by atoms with Crippen molar-refractivity contribution in [1.82, 2.24) is 43.6 Å². The first kappa shape index (κ1) is 83.8. The fourth-order valence-corrected chi connectivity index (χ4v) is 28.8. The molecule has 0 atom stereocenters. The molecule has 0 aliphatic heterocycles. The highest BCUT2D eigenvalue weighted by Crippen LogP contribution is 2.56. The summed E-state index contributed by atoms with van der Waals surface area (Å²) in [5.74, 6) is 2.05. The van der Waals surface area contributed by atoms with Gasteiger partial charge in [-0.1, -0.05) is 375 Å². The highest BCUT2D eigenvalue weighted by atomic mass is 79.9. The van der Waals surface area contributed by atoms with Crippen LogP contribution in [-0.4, -0.2) is 43.6 Å². The van der Waals surface area contributed by atoms with E-state index >= 15 is 0 Å². The Hall–Kier alpha value is -17.6. The van der Waals surface area contributed by atoms with Crippen LogP contribution in [0.25, 0.3) is 319 Å². The maximum absolute atomic E-state index is 7.22. The van der Waals surface area contributed by atoms with Crippen molar-refractivity contribution in [1.29, 1.82) is 0 Å². The van der Waals surface area contributed by atoms with Crippen LogP contribution >= 0.6 is 73.1 Å². The van der Waals surface area contributed by atoms with Crippen molar-refractivity contribution >= 4 is 341 Å². The fraction of sp³-hybridized carbons (Fsp3) is 0. The summed E-state index contributed by atoms with van der Waals surface area (Å²) < 4.78 is 34.4. The first-order valence-corrected chi connectivity index (χ1v) is 53.0. The van der Waals surface area contributed by atoms with Gasteiger partial charge in [0, 0.05) is 123 Å². The minimum atomic E-state index is 0.279. The predicted molar refractivity (Wildman–Crippen MR) is 626 cm³/mol.